The maximum absolute atomic E-state index is 12.2. The van der Waals surface area contributed by atoms with Gasteiger partial charge in [-0.15, -0.1) is 0 Å². The van der Waals surface area contributed by atoms with E-state index in [0.29, 0.717) is 24.9 Å². The number of ether oxygens (including phenoxy) is 2. The van der Waals surface area contributed by atoms with Gasteiger partial charge in [0, 0.05) is 49.3 Å². The number of anilines is 2. The van der Waals surface area contributed by atoms with Crippen LogP contribution in [0.25, 0.3) is 0 Å². The van der Waals surface area contributed by atoms with Crippen molar-refractivity contribution in [1.29, 1.82) is 0 Å². The molecule has 2 N–H and O–H groups in total. The summed E-state index contributed by atoms with van der Waals surface area (Å²) in [7, 11) is 0. The normalized spacial score (nSPS) is 26.9. The fourth-order valence-corrected chi connectivity index (χ4v) is 4.33. The second-order valence-corrected chi connectivity index (χ2v) is 9.47. The zero-order valence-electron chi connectivity index (χ0n) is 18.4. The Morgan fingerprint density at radius 2 is 1.71 bits per heavy atom. The number of benzene rings is 1. The van der Waals surface area contributed by atoms with Crippen LogP contribution in [0, 0.1) is 11.8 Å². The molecule has 9 heteroatoms. The minimum Gasteiger partial charge on any atom is -0.444 e. The number of hydrogen-bond acceptors (Lipinski definition) is 6. The lowest BCUT2D eigenvalue weighted by Gasteiger charge is -2.24. The van der Waals surface area contributed by atoms with Gasteiger partial charge in [0.1, 0.15) is 11.7 Å². The standard InChI is InChI=1S/C22H30N4O5/c1-13(27)23-9-16-10-26(21(29)30-16)15-7-5-14(6-8-15)25-11-17-18(12-25)19(17)24-20(28)31-22(2,3)4/h5-8,16-19H,9-12H2,1-4H3,(H,23,27)(H,24,28)/t16-,17-,18+,19?/m0/s1. The lowest BCUT2D eigenvalue weighted by Crippen LogP contribution is -2.38. The van der Waals surface area contributed by atoms with Gasteiger partial charge in [0.2, 0.25) is 5.91 Å². The number of fused-ring (bicyclic) bond motifs is 1. The summed E-state index contributed by atoms with van der Waals surface area (Å²) in [5, 5.41) is 5.66. The van der Waals surface area contributed by atoms with Gasteiger partial charge in [0.15, 0.2) is 0 Å². The third kappa shape index (κ3) is 4.86. The summed E-state index contributed by atoms with van der Waals surface area (Å²) >= 11 is 0. The van der Waals surface area contributed by atoms with Crippen LogP contribution in [0.5, 0.6) is 0 Å². The molecule has 0 radical (unpaired) electrons. The number of amides is 3. The van der Waals surface area contributed by atoms with Crippen molar-refractivity contribution in [2.45, 2.75) is 45.4 Å². The zero-order chi connectivity index (χ0) is 22.3. The molecule has 2 saturated heterocycles. The Kier molecular flexibility index (Phi) is 5.45. The van der Waals surface area contributed by atoms with Gasteiger partial charge in [-0.25, -0.2) is 9.59 Å². The molecule has 1 aliphatic carbocycles. The van der Waals surface area contributed by atoms with E-state index >= 15 is 0 Å². The van der Waals surface area contributed by atoms with Crippen LogP contribution in [0.4, 0.5) is 21.0 Å². The highest BCUT2D eigenvalue weighted by Gasteiger charge is 2.56. The molecule has 3 aliphatic rings. The van der Waals surface area contributed by atoms with Crippen LogP contribution in [0.3, 0.4) is 0 Å². The van der Waals surface area contributed by atoms with Crippen molar-refractivity contribution in [2.75, 3.05) is 36.0 Å². The predicted octanol–water partition coefficient (Wildman–Crippen LogP) is 2.11. The molecule has 4 rings (SSSR count). The average molecular weight is 431 g/mol. The number of hydrogen-bond donors (Lipinski definition) is 2. The molecule has 3 amide bonds. The Morgan fingerprint density at radius 1 is 1.10 bits per heavy atom. The number of rotatable bonds is 5. The summed E-state index contributed by atoms with van der Waals surface area (Å²) in [4.78, 5) is 39.1. The SMILES string of the molecule is CC(=O)NC[C@H]1CN(c2ccc(N3C[C@@H]4C(NC(=O)OC(C)(C)C)[C@@H]4C3)cc2)C(=O)O1. The third-order valence-corrected chi connectivity index (χ3v) is 5.86. The molecule has 3 fully saturated rings. The van der Waals surface area contributed by atoms with E-state index in [1.165, 1.54) is 6.92 Å². The van der Waals surface area contributed by atoms with Crippen LogP contribution >= 0.6 is 0 Å². The van der Waals surface area contributed by atoms with Gasteiger partial charge >= 0.3 is 12.2 Å². The Labute approximate surface area is 182 Å². The second-order valence-electron chi connectivity index (χ2n) is 9.47. The van der Waals surface area contributed by atoms with E-state index in [1.54, 1.807) is 4.90 Å². The molecule has 0 aromatic heterocycles. The highest BCUT2D eigenvalue weighted by Crippen LogP contribution is 2.47. The van der Waals surface area contributed by atoms with Gasteiger partial charge in [-0.2, -0.15) is 0 Å². The van der Waals surface area contributed by atoms with E-state index in [1.807, 2.05) is 45.0 Å². The van der Waals surface area contributed by atoms with Crippen molar-refractivity contribution in [3.63, 3.8) is 0 Å². The number of nitrogens with zero attached hydrogens (tertiary/aromatic N) is 2. The number of carbonyl (C=O) groups excluding carboxylic acids is 3. The summed E-state index contributed by atoms with van der Waals surface area (Å²) in [6.07, 6.45) is -1.10. The molecule has 0 bridgehead atoms. The van der Waals surface area contributed by atoms with Crippen molar-refractivity contribution in [3.05, 3.63) is 24.3 Å². The molecule has 1 saturated carbocycles. The van der Waals surface area contributed by atoms with Crippen LogP contribution in [0.1, 0.15) is 27.7 Å². The summed E-state index contributed by atoms with van der Waals surface area (Å²) < 4.78 is 10.7. The quantitative estimate of drug-likeness (QED) is 0.742. The molecule has 2 aliphatic heterocycles. The molecule has 31 heavy (non-hydrogen) atoms. The van der Waals surface area contributed by atoms with E-state index < -0.39 is 11.7 Å². The van der Waals surface area contributed by atoms with Crippen molar-refractivity contribution in [3.8, 4) is 0 Å². The molecular formula is C22H30N4O5. The molecule has 2 heterocycles. The van der Waals surface area contributed by atoms with E-state index in [-0.39, 0.29) is 24.1 Å². The molecule has 1 unspecified atom stereocenters. The first kappa shape index (κ1) is 21.3. The zero-order valence-corrected chi connectivity index (χ0v) is 18.4. The fraction of sp³-hybridized carbons (Fsp3) is 0.591. The van der Waals surface area contributed by atoms with Crippen molar-refractivity contribution >= 4 is 29.5 Å². The first-order valence-electron chi connectivity index (χ1n) is 10.7. The van der Waals surface area contributed by atoms with Crippen LogP contribution in [-0.4, -0.2) is 62.0 Å². The van der Waals surface area contributed by atoms with Gasteiger partial charge in [-0.1, -0.05) is 0 Å². The largest absolute Gasteiger partial charge is 0.444 e. The Morgan fingerprint density at radius 3 is 2.29 bits per heavy atom. The maximum Gasteiger partial charge on any atom is 0.414 e. The van der Waals surface area contributed by atoms with E-state index in [2.05, 4.69) is 15.5 Å². The number of nitrogens with one attached hydrogen (secondary N) is 2. The smallest absolute Gasteiger partial charge is 0.414 e. The third-order valence-electron chi connectivity index (χ3n) is 5.86. The van der Waals surface area contributed by atoms with Crippen LogP contribution < -0.4 is 20.4 Å². The van der Waals surface area contributed by atoms with Gasteiger partial charge in [0.05, 0.1) is 13.1 Å². The van der Waals surface area contributed by atoms with Gasteiger partial charge in [-0.05, 0) is 45.0 Å². The molecule has 0 spiro atoms. The van der Waals surface area contributed by atoms with E-state index in [4.69, 9.17) is 9.47 Å². The molecule has 1 aromatic rings. The van der Waals surface area contributed by atoms with Crippen LogP contribution in [0.2, 0.25) is 0 Å². The minimum atomic E-state index is -0.492. The number of piperidine rings is 1. The Bertz CT molecular complexity index is 854. The summed E-state index contributed by atoms with van der Waals surface area (Å²) in [5.41, 5.74) is 1.37. The highest BCUT2D eigenvalue weighted by atomic mass is 16.6. The number of alkyl carbamates (subject to hydrolysis) is 1. The number of cyclic esters (lactones) is 1. The Hall–Kier alpha value is -2.97. The highest BCUT2D eigenvalue weighted by molar-refractivity contribution is 5.90. The van der Waals surface area contributed by atoms with Crippen molar-refractivity contribution in [2.24, 2.45) is 11.8 Å². The van der Waals surface area contributed by atoms with Gasteiger partial charge < -0.3 is 25.0 Å². The molecule has 9 nitrogen and oxygen atoms in total. The fourth-order valence-electron chi connectivity index (χ4n) is 4.33. The topological polar surface area (TPSA) is 100 Å². The first-order valence-corrected chi connectivity index (χ1v) is 10.7. The van der Waals surface area contributed by atoms with Crippen LogP contribution in [-0.2, 0) is 14.3 Å². The molecule has 1 aromatic carbocycles. The van der Waals surface area contributed by atoms with E-state index in [9.17, 15) is 14.4 Å². The first-order chi connectivity index (χ1) is 14.6. The lowest BCUT2D eigenvalue weighted by molar-refractivity contribution is -0.119. The summed E-state index contributed by atoms with van der Waals surface area (Å²) in [6, 6.07) is 8.02. The second kappa shape index (κ2) is 7.94. The van der Waals surface area contributed by atoms with Gasteiger partial charge in [-0.3, -0.25) is 9.69 Å². The predicted molar refractivity (Wildman–Crippen MR) is 115 cm³/mol. The molecule has 4 atom stereocenters. The monoisotopic (exact) mass is 430 g/mol. The summed E-state index contributed by atoms with van der Waals surface area (Å²) in [6.45, 7) is 9.49. The maximum atomic E-state index is 12.2. The van der Waals surface area contributed by atoms with Crippen molar-refractivity contribution < 1.29 is 23.9 Å². The minimum absolute atomic E-state index is 0.147. The summed E-state index contributed by atoms with van der Waals surface area (Å²) in [5.74, 6) is 0.733. The molecule has 168 valence electrons. The van der Waals surface area contributed by atoms with Crippen molar-refractivity contribution in [1.82, 2.24) is 10.6 Å². The van der Waals surface area contributed by atoms with Crippen LogP contribution in [0.15, 0.2) is 24.3 Å². The average Bonchev–Trinajstić information content (AvgIpc) is 3.03. The van der Waals surface area contributed by atoms with E-state index in [0.717, 1.165) is 24.5 Å². The molecular weight excluding hydrogens is 400 g/mol. The number of carbonyl (C=O) groups is 3. The van der Waals surface area contributed by atoms with Gasteiger partial charge in [0.25, 0.3) is 0 Å². The lowest BCUT2D eigenvalue weighted by atomic mass is 10.2. The Balaban J connectivity index is 1.27.